The molecular formula is C13H13N. The van der Waals surface area contributed by atoms with E-state index >= 15 is 0 Å². The quantitative estimate of drug-likeness (QED) is 0.662. The maximum atomic E-state index is 3.50. The zero-order chi connectivity index (χ0) is 9.54. The third kappa shape index (κ3) is 0.992. The summed E-state index contributed by atoms with van der Waals surface area (Å²) in [6.07, 6.45) is 0. The Balaban J connectivity index is 2.46. The van der Waals surface area contributed by atoms with Crippen LogP contribution in [0.25, 0.3) is 10.8 Å². The molecule has 1 unspecified atom stereocenters. The van der Waals surface area contributed by atoms with Crippen molar-refractivity contribution >= 4 is 10.8 Å². The zero-order valence-corrected chi connectivity index (χ0v) is 8.25. The van der Waals surface area contributed by atoms with Crippen LogP contribution in [-0.2, 0) is 6.54 Å². The molecule has 2 aromatic carbocycles. The lowest BCUT2D eigenvalue weighted by atomic mass is 9.92. The molecule has 0 aromatic heterocycles. The topological polar surface area (TPSA) is 12.0 Å². The molecule has 0 saturated carbocycles. The standard InChI is InChI=1S/C13H13N/c1-9-12-7-3-5-10-4-2-6-11(8-14-9)13(10)12/h2-7,9,14H,8H2,1H3. The van der Waals surface area contributed by atoms with Crippen molar-refractivity contribution in [3.8, 4) is 0 Å². The molecule has 1 aliphatic rings. The molecule has 1 nitrogen and oxygen atoms in total. The molecule has 1 aliphatic heterocycles. The highest BCUT2D eigenvalue weighted by molar-refractivity contribution is 5.89. The fourth-order valence-corrected chi connectivity index (χ4v) is 2.33. The molecule has 1 N–H and O–H groups in total. The Morgan fingerprint density at radius 2 is 1.93 bits per heavy atom. The third-order valence-corrected chi connectivity index (χ3v) is 3.09. The van der Waals surface area contributed by atoms with Crippen molar-refractivity contribution in [2.75, 3.05) is 0 Å². The molecule has 70 valence electrons. The molecule has 0 amide bonds. The minimum atomic E-state index is 0.480. The summed E-state index contributed by atoms with van der Waals surface area (Å²) in [5.74, 6) is 0. The molecular weight excluding hydrogens is 170 g/mol. The van der Waals surface area contributed by atoms with E-state index in [0.29, 0.717) is 6.04 Å². The summed E-state index contributed by atoms with van der Waals surface area (Å²) in [4.78, 5) is 0. The Labute approximate surface area is 83.8 Å². The van der Waals surface area contributed by atoms with E-state index in [1.165, 1.54) is 21.9 Å². The fourth-order valence-electron chi connectivity index (χ4n) is 2.33. The SMILES string of the molecule is CC1NCc2cccc3cccc1c23. The lowest BCUT2D eigenvalue weighted by molar-refractivity contribution is 0.566. The maximum Gasteiger partial charge on any atom is 0.0301 e. The molecule has 3 rings (SSSR count). The Morgan fingerprint density at radius 1 is 1.14 bits per heavy atom. The van der Waals surface area contributed by atoms with Gasteiger partial charge in [-0.2, -0.15) is 0 Å². The first-order chi connectivity index (χ1) is 6.86. The second kappa shape index (κ2) is 2.82. The molecule has 1 heteroatoms. The van der Waals surface area contributed by atoms with Crippen molar-refractivity contribution in [1.29, 1.82) is 0 Å². The molecule has 0 saturated heterocycles. The molecule has 0 spiro atoms. The van der Waals surface area contributed by atoms with Gasteiger partial charge in [-0.1, -0.05) is 36.4 Å². The van der Waals surface area contributed by atoms with Crippen LogP contribution in [0.2, 0.25) is 0 Å². The van der Waals surface area contributed by atoms with E-state index in [1.54, 1.807) is 0 Å². The van der Waals surface area contributed by atoms with E-state index in [9.17, 15) is 0 Å². The number of nitrogens with one attached hydrogen (secondary N) is 1. The predicted octanol–water partition coefficient (Wildman–Crippen LogP) is 3.00. The van der Waals surface area contributed by atoms with Crippen LogP contribution in [0.15, 0.2) is 36.4 Å². The van der Waals surface area contributed by atoms with Crippen molar-refractivity contribution in [2.24, 2.45) is 0 Å². The monoisotopic (exact) mass is 183 g/mol. The van der Waals surface area contributed by atoms with Crippen LogP contribution in [0.5, 0.6) is 0 Å². The average molecular weight is 183 g/mol. The van der Waals surface area contributed by atoms with Gasteiger partial charge < -0.3 is 5.32 Å². The van der Waals surface area contributed by atoms with E-state index < -0.39 is 0 Å². The summed E-state index contributed by atoms with van der Waals surface area (Å²) in [7, 11) is 0. The van der Waals surface area contributed by atoms with Gasteiger partial charge in [0, 0.05) is 12.6 Å². The molecule has 1 heterocycles. The first-order valence-electron chi connectivity index (χ1n) is 5.10. The van der Waals surface area contributed by atoms with Crippen molar-refractivity contribution in [1.82, 2.24) is 5.32 Å². The van der Waals surface area contributed by atoms with Gasteiger partial charge in [-0.05, 0) is 28.8 Å². The summed E-state index contributed by atoms with van der Waals surface area (Å²) in [5.41, 5.74) is 2.86. The van der Waals surface area contributed by atoms with E-state index in [0.717, 1.165) is 6.54 Å². The fraction of sp³-hybridized carbons (Fsp3) is 0.231. The van der Waals surface area contributed by atoms with E-state index in [1.807, 2.05) is 0 Å². The first-order valence-corrected chi connectivity index (χ1v) is 5.10. The van der Waals surface area contributed by atoms with Gasteiger partial charge in [-0.25, -0.2) is 0 Å². The van der Waals surface area contributed by atoms with Crippen LogP contribution in [0.3, 0.4) is 0 Å². The second-order valence-electron chi connectivity index (χ2n) is 3.97. The predicted molar refractivity (Wildman–Crippen MR) is 59.2 cm³/mol. The summed E-state index contributed by atoms with van der Waals surface area (Å²) < 4.78 is 0. The lowest BCUT2D eigenvalue weighted by Gasteiger charge is -2.24. The number of hydrogen-bond acceptors (Lipinski definition) is 1. The molecule has 0 aliphatic carbocycles. The van der Waals surface area contributed by atoms with Gasteiger partial charge >= 0.3 is 0 Å². The van der Waals surface area contributed by atoms with Gasteiger partial charge in [-0.3, -0.25) is 0 Å². The smallest absolute Gasteiger partial charge is 0.0301 e. The summed E-state index contributed by atoms with van der Waals surface area (Å²) in [6.45, 7) is 3.22. The van der Waals surface area contributed by atoms with E-state index in [4.69, 9.17) is 0 Å². The van der Waals surface area contributed by atoms with Crippen LogP contribution < -0.4 is 5.32 Å². The Kier molecular flexibility index (Phi) is 1.62. The molecule has 2 aromatic rings. The van der Waals surface area contributed by atoms with Gasteiger partial charge in [-0.15, -0.1) is 0 Å². The van der Waals surface area contributed by atoms with Crippen LogP contribution in [0.4, 0.5) is 0 Å². The number of rotatable bonds is 0. The van der Waals surface area contributed by atoms with Crippen molar-refractivity contribution in [2.45, 2.75) is 19.5 Å². The number of benzene rings is 2. The Morgan fingerprint density at radius 3 is 2.79 bits per heavy atom. The number of hydrogen-bond donors (Lipinski definition) is 1. The minimum Gasteiger partial charge on any atom is -0.306 e. The molecule has 0 bridgehead atoms. The normalized spacial score (nSPS) is 19.9. The van der Waals surface area contributed by atoms with Crippen LogP contribution in [0.1, 0.15) is 24.1 Å². The van der Waals surface area contributed by atoms with Crippen molar-refractivity contribution in [3.05, 3.63) is 47.5 Å². The molecule has 1 atom stereocenters. The summed E-state index contributed by atoms with van der Waals surface area (Å²) in [6, 6.07) is 13.6. The Hall–Kier alpha value is -1.34. The van der Waals surface area contributed by atoms with Crippen LogP contribution in [0, 0.1) is 0 Å². The largest absolute Gasteiger partial charge is 0.306 e. The van der Waals surface area contributed by atoms with E-state index in [-0.39, 0.29) is 0 Å². The van der Waals surface area contributed by atoms with Gasteiger partial charge in [0.2, 0.25) is 0 Å². The van der Waals surface area contributed by atoms with Crippen molar-refractivity contribution < 1.29 is 0 Å². The van der Waals surface area contributed by atoms with Crippen LogP contribution >= 0.6 is 0 Å². The second-order valence-corrected chi connectivity index (χ2v) is 3.97. The average Bonchev–Trinajstić information content (AvgIpc) is 2.24. The maximum absolute atomic E-state index is 3.50. The van der Waals surface area contributed by atoms with Gasteiger partial charge in [0.25, 0.3) is 0 Å². The van der Waals surface area contributed by atoms with E-state index in [2.05, 4.69) is 48.6 Å². The van der Waals surface area contributed by atoms with Gasteiger partial charge in [0.1, 0.15) is 0 Å². The zero-order valence-electron chi connectivity index (χ0n) is 8.25. The first kappa shape index (κ1) is 8.01. The highest BCUT2D eigenvalue weighted by Gasteiger charge is 2.16. The summed E-state index contributed by atoms with van der Waals surface area (Å²) >= 11 is 0. The summed E-state index contributed by atoms with van der Waals surface area (Å²) in [5, 5.41) is 6.33. The third-order valence-electron chi connectivity index (χ3n) is 3.09. The van der Waals surface area contributed by atoms with Gasteiger partial charge in [0.05, 0.1) is 0 Å². The Bertz CT molecular complexity index is 482. The molecule has 14 heavy (non-hydrogen) atoms. The minimum absolute atomic E-state index is 0.480. The highest BCUT2D eigenvalue weighted by atomic mass is 14.9. The van der Waals surface area contributed by atoms with Gasteiger partial charge in [0.15, 0.2) is 0 Å². The van der Waals surface area contributed by atoms with Crippen molar-refractivity contribution in [3.63, 3.8) is 0 Å². The highest BCUT2D eigenvalue weighted by Crippen LogP contribution is 2.30. The molecule has 0 fully saturated rings. The lowest BCUT2D eigenvalue weighted by Crippen LogP contribution is -2.22. The molecule has 0 radical (unpaired) electrons. The van der Waals surface area contributed by atoms with Crippen LogP contribution in [-0.4, -0.2) is 0 Å².